The molecule has 2 rings (SSSR count). The van der Waals surface area contributed by atoms with Crippen molar-refractivity contribution >= 4 is 0 Å². The van der Waals surface area contributed by atoms with Gasteiger partial charge in [0.2, 0.25) is 5.88 Å². The number of H-pyrrole nitrogens is 1. The minimum Gasteiger partial charge on any atom is -0.494 e. The largest absolute Gasteiger partial charge is 0.494 e. The van der Waals surface area contributed by atoms with Crippen LogP contribution in [0.5, 0.6) is 5.88 Å². The van der Waals surface area contributed by atoms with Gasteiger partial charge in [0.05, 0.1) is 5.56 Å². The summed E-state index contributed by atoms with van der Waals surface area (Å²) < 4.78 is 1.30. The minimum absolute atomic E-state index is 0.162. The Balaban J connectivity index is 2.10. The highest BCUT2D eigenvalue weighted by Gasteiger charge is 2.19. The molecule has 1 aliphatic rings. The maximum Gasteiger partial charge on any atom is 0.331 e. The zero-order valence-electron chi connectivity index (χ0n) is 12.3. The van der Waals surface area contributed by atoms with Crippen molar-refractivity contribution in [2.24, 2.45) is 11.8 Å². The number of aromatic amines is 1. The van der Waals surface area contributed by atoms with Gasteiger partial charge in [-0.05, 0) is 24.7 Å². The topological polar surface area (TPSA) is 75.1 Å². The molecule has 1 fully saturated rings. The monoisotopic (exact) mass is 280 g/mol. The van der Waals surface area contributed by atoms with Gasteiger partial charge in [0.15, 0.2) is 0 Å². The molecule has 5 nitrogen and oxygen atoms in total. The lowest BCUT2D eigenvalue weighted by molar-refractivity contribution is 0.262. The van der Waals surface area contributed by atoms with Crippen LogP contribution in [0.3, 0.4) is 0 Å². The Bertz CT molecular complexity index is 565. The Morgan fingerprint density at radius 1 is 1.25 bits per heavy atom. The Morgan fingerprint density at radius 2 is 1.90 bits per heavy atom. The van der Waals surface area contributed by atoms with E-state index in [2.05, 4.69) is 11.9 Å². The molecule has 1 aromatic heterocycles. The number of hydrogen-bond acceptors (Lipinski definition) is 3. The van der Waals surface area contributed by atoms with Crippen LogP contribution in [0.15, 0.2) is 9.59 Å². The third-order valence-electron chi connectivity index (χ3n) is 4.52. The molecule has 1 aliphatic carbocycles. The average molecular weight is 280 g/mol. The number of aromatic hydroxyl groups is 1. The second kappa shape index (κ2) is 6.29. The van der Waals surface area contributed by atoms with Crippen LogP contribution in [0.1, 0.15) is 51.5 Å². The number of rotatable bonds is 4. The summed E-state index contributed by atoms with van der Waals surface area (Å²) >= 11 is 0. The van der Waals surface area contributed by atoms with E-state index >= 15 is 0 Å². The summed E-state index contributed by atoms with van der Waals surface area (Å²) in [6, 6.07) is 0. The molecule has 0 unspecified atom stereocenters. The molecular formula is C15H24N2O3. The zero-order chi connectivity index (χ0) is 14.7. The molecule has 0 spiro atoms. The summed E-state index contributed by atoms with van der Waals surface area (Å²) in [7, 11) is 0. The van der Waals surface area contributed by atoms with E-state index in [-0.39, 0.29) is 5.88 Å². The van der Waals surface area contributed by atoms with Crippen LogP contribution in [-0.2, 0) is 13.0 Å². The molecule has 0 amide bonds. The molecule has 5 heteroatoms. The number of hydrogen-bond donors (Lipinski definition) is 2. The Morgan fingerprint density at radius 3 is 2.50 bits per heavy atom. The van der Waals surface area contributed by atoms with E-state index in [1.807, 2.05) is 0 Å². The Hall–Kier alpha value is -1.52. The van der Waals surface area contributed by atoms with E-state index in [4.69, 9.17) is 0 Å². The van der Waals surface area contributed by atoms with Crippen LogP contribution < -0.4 is 11.2 Å². The number of nitrogens with zero attached hydrogens (tertiary/aromatic N) is 1. The van der Waals surface area contributed by atoms with Gasteiger partial charge in [0, 0.05) is 6.54 Å². The van der Waals surface area contributed by atoms with Crippen molar-refractivity contribution in [2.75, 3.05) is 0 Å². The van der Waals surface area contributed by atoms with Crippen molar-refractivity contribution in [1.82, 2.24) is 9.55 Å². The van der Waals surface area contributed by atoms with E-state index in [1.54, 1.807) is 6.92 Å². The van der Waals surface area contributed by atoms with Gasteiger partial charge in [-0.1, -0.05) is 39.5 Å². The summed E-state index contributed by atoms with van der Waals surface area (Å²) in [5.41, 5.74) is -0.687. The highest BCUT2D eigenvalue weighted by atomic mass is 16.3. The first-order chi connectivity index (χ1) is 9.52. The van der Waals surface area contributed by atoms with Gasteiger partial charge < -0.3 is 5.11 Å². The molecule has 1 saturated carbocycles. The van der Waals surface area contributed by atoms with Crippen molar-refractivity contribution in [2.45, 2.75) is 58.9 Å². The lowest BCUT2D eigenvalue weighted by atomic mass is 9.81. The fraction of sp³-hybridized carbons (Fsp3) is 0.733. The van der Waals surface area contributed by atoms with Crippen LogP contribution >= 0.6 is 0 Å². The van der Waals surface area contributed by atoms with Crippen LogP contribution in [0.4, 0.5) is 0 Å². The maximum absolute atomic E-state index is 11.8. The second-order valence-corrected chi connectivity index (χ2v) is 5.98. The predicted octanol–water partition coefficient (Wildman–Crippen LogP) is 2.02. The standard InChI is InChI=1S/C15H24N2O3/c1-3-12-13(18)16-15(20)17(14(12)19)9-8-11-6-4-10(2)5-7-11/h10-11,19H,3-9H2,1-2H3,(H,16,18,20). The first kappa shape index (κ1) is 14.9. The van der Waals surface area contributed by atoms with E-state index in [9.17, 15) is 14.7 Å². The number of aromatic nitrogens is 2. The SMILES string of the molecule is CCc1c(O)n(CCC2CCC(C)CC2)c(=O)[nH]c1=O. The van der Waals surface area contributed by atoms with Gasteiger partial charge in [-0.2, -0.15) is 0 Å². The summed E-state index contributed by atoms with van der Waals surface area (Å²) in [5, 5.41) is 10.1. The summed E-state index contributed by atoms with van der Waals surface area (Å²) in [5.74, 6) is 1.27. The molecule has 2 N–H and O–H groups in total. The van der Waals surface area contributed by atoms with Gasteiger partial charge in [0.1, 0.15) is 0 Å². The highest BCUT2D eigenvalue weighted by Crippen LogP contribution is 2.30. The van der Waals surface area contributed by atoms with Gasteiger partial charge in [-0.25, -0.2) is 4.79 Å². The normalized spacial score (nSPS) is 22.9. The maximum atomic E-state index is 11.8. The number of nitrogens with one attached hydrogen (secondary N) is 1. The fourth-order valence-electron chi connectivity index (χ4n) is 3.06. The molecule has 0 atom stereocenters. The van der Waals surface area contributed by atoms with Crippen molar-refractivity contribution in [3.8, 4) is 5.88 Å². The smallest absolute Gasteiger partial charge is 0.331 e. The van der Waals surface area contributed by atoms with E-state index in [1.165, 1.54) is 30.3 Å². The molecule has 20 heavy (non-hydrogen) atoms. The molecule has 0 saturated heterocycles. The Kier molecular flexibility index (Phi) is 4.68. The van der Waals surface area contributed by atoms with Crippen molar-refractivity contribution in [3.63, 3.8) is 0 Å². The van der Waals surface area contributed by atoms with Crippen LogP contribution in [0.2, 0.25) is 0 Å². The zero-order valence-corrected chi connectivity index (χ0v) is 12.3. The summed E-state index contributed by atoms with van der Waals surface area (Å²) in [6.45, 7) is 4.55. The van der Waals surface area contributed by atoms with Gasteiger partial charge in [-0.15, -0.1) is 0 Å². The lowest BCUT2D eigenvalue weighted by Gasteiger charge is -2.26. The summed E-state index contributed by atoms with van der Waals surface area (Å²) in [6.07, 6.45) is 6.19. The lowest BCUT2D eigenvalue weighted by Crippen LogP contribution is -2.32. The fourth-order valence-corrected chi connectivity index (χ4v) is 3.06. The molecule has 112 valence electrons. The summed E-state index contributed by atoms with van der Waals surface area (Å²) in [4.78, 5) is 25.6. The van der Waals surface area contributed by atoms with Gasteiger partial charge >= 0.3 is 5.69 Å². The minimum atomic E-state index is -0.506. The third-order valence-corrected chi connectivity index (χ3v) is 4.52. The van der Waals surface area contributed by atoms with Crippen molar-refractivity contribution in [1.29, 1.82) is 0 Å². The van der Waals surface area contributed by atoms with E-state index in [0.29, 0.717) is 24.4 Å². The van der Waals surface area contributed by atoms with Gasteiger partial charge in [0.25, 0.3) is 5.56 Å². The highest BCUT2D eigenvalue weighted by molar-refractivity contribution is 5.22. The average Bonchev–Trinajstić information content (AvgIpc) is 2.40. The second-order valence-electron chi connectivity index (χ2n) is 5.98. The first-order valence-corrected chi connectivity index (χ1v) is 7.57. The van der Waals surface area contributed by atoms with Crippen LogP contribution in [0, 0.1) is 11.8 Å². The first-order valence-electron chi connectivity index (χ1n) is 7.57. The molecular weight excluding hydrogens is 256 g/mol. The van der Waals surface area contributed by atoms with Gasteiger partial charge in [-0.3, -0.25) is 14.3 Å². The molecule has 0 bridgehead atoms. The molecule has 0 aliphatic heterocycles. The van der Waals surface area contributed by atoms with E-state index < -0.39 is 11.2 Å². The third kappa shape index (κ3) is 3.14. The predicted molar refractivity (Wildman–Crippen MR) is 78.1 cm³/mol. The van der Waals surface area contributed by atoms with Crippen LogP contribution in [-0.4, -0.2) is 14.7 Å². The van der Waals surface area contributed by atoms with E-state index in [0.717, 1.165) is 12.3 Å². The molecule has 1 heterocycles. The quantitative estimate of drug-likeness (QED) is 0.886. The molecule has 0 radical (unpaired) electrons. The van der Waals surface area contributed by atoms with Crippen molar-refractivity contribution < 1.29 is 5.11 Å². The molecule has 1 aromatic rings. The van der Waals surface area contributed by atoms with Crippen molar-refractivity contribution in [3.05, 3.63) is 26.4 Å². The Labute approximate surface area is 118 Å². The van der Waals surface area contributed by atoms with Crippen LogP contribution in [0.25, 0.3) is 0 Å². The molecule has 0 aromatic carbocycles.